The third-order valence-electron chi connectivity index (χ3n) is 2.68. The molecule has 19 heavy (non-hydrogen) atoms. The fraction of sp³-hybridized carbons (Fsp3) is 0.750. The van der Waals surface area contributed by atoms with E-state index in [4.69, 9.17) is 15.2 Å². The first-order valence-electron chi connectivity index (χ1n) is 6.39. The number of rotatable bonds is 7. The number of ether oxygens (including phenoxy) is 2. The molecule has 1 unspecified atom stereocenters. The van der Waals surface area contributed by atoms with E-state index in [1.807, 2.05) is 0 Å². The van der Waals surface area contributed by atoms with Crippen molar-refractivity contribution in [1.82, 2.24) is 4.90 Å². The first-order chi connectivity index (χ1) is 9.01. The summed E-state index contributed by atoms with van der Waals surface area (Å²) in [7, 11) is 0. The molecule has 0 saturated heterocycles. The first-order valence-corrected chi connectivity index (χ1v) is 6.39. The Balaban J connectivity index is 2.62. The molecule has 0 aromatic rings. The minimum absolute atomic E-state index is 0.0302. The van der Waals surface area contributed by atoms with Crippen LogP contribution < -0.4 is 5.73 Å². The zero-order chi connectivity index (χ0) is 14.4. The highest BCUT2D eigenvalue weighted by molar-refractivity contribution is 6.02. The Labute approximate surface area is 112 Å². The Bertz CT molecular complexity index is 354. The molecule has 1 saturated carbocycles. The van der Waals surface area contributed by atoms with Gasteiger partial charge in [-0.15, -0.1) is 0 Å². The number of carbonyl (C=O) groups excluding carboxylic acids is 3. The average Bonchev–Trinajstić information content (AvgIpc) is 3.19. The Morgan fingerprint density at radius 1 is 1.21 bits per heavy atom. The van der Waals surface area contributed by atoms with Gasteiger partial charge in [-0.2, -0.15) is 0 Å². The molecule has 108 valence electrons. The predicted octanol–water partition coefficient (Wildman–Crippen LogP) is -0.569. The molecule has 0 heterocycles. The van der Waals surface area contributed by atoms with Crippen molar-refractivity contribution in [2.75, 3.05) is 19.8 Å². The van der Waals surface area contributed by atoms with Gasteiger partial charge in [-0.1, -0.05) is 0 Å². The SMILES string of the molecule is CCOC(=O)CN(C(=O)C(N)C(=O)OCC)C1CC1. The Morgan fingerprint density at radius 3 is 2.26 bits per heavy atom. The van der Waals surface area contributed by atoms with Crippen LogP contribution in [-0.2, 0) is 23.9 Å². The molecule has 0 radical (unpaired) electrons. The number of hydrogen-bond donors (Lipinski definition) is 1. The summed E-state index contributed by atoms with van der Waals surface area (Å²) in [5, 5.41) is 0. The van der Waals surface area contributed by atoms with Gasteiger partial charge in [0.15, 0.2) is 6.04 Å². The number of nitrogens with two attached hydrogens (primary N) is 1. The maximum absolute atomic E-state index is 12.1. The molecular weight excluding hydrogens is 252 g/mol. The molecule has 1 rings (SSSR count). The zero-order valence-corrected chi connectivity index (χ0v) is 11.3. The van der Waals surface area contributed by atoms with Crippen molar-refractivity contribution in [3.8, 4) is 0 Å². The minimum atomic E-state index is -1.38. The van der Waals surface area contributed by atoms with Crippen molar-refractivity contribution in [3.63, 3.8) is 0 Å². The van der Waals surface area contributed by atoms with Crippen molar-refractivity contribution < 1.29 is 23.9 Å². The van der Waals surface area contributed by atoms with Crippen LogP contribution in [0, 0.1) is 0 Å². The smallest absolute Gasteiger partial charge is 0.332 e. The second-order valence-corrected chi connectivity index (χ2v) is 4.23. The van der Waals surface area contributed by atoms with E-state index in [2.05, 4.69) is 0 Å². The second-order valence-electron chi connectivity index (χ2n) is 4.23. The van der Waals surface area contributed by atoms with Crippen LogP contribution in [0.3, 0.4) is 0 Å². The van der Waals surface area contributed by atoms with E-state index < -0.39 is 23.9 Å². The number of nitrogens with zero attached hydrogens (tertiary/aromatic N) is 1. The van der Waals surface area contributed by atoms with Crippen molar-refractivity contribution in [1.29, 1.82) is 0 Å². The van der Waals surface area contributed by atoms with Crippen LogP contribution in [0.4, 0.5) is 0 Å². The molecule has 0 spiro atoms. The van der Waals surface area contributed by atoms with Gasteiger partial charge in [-0.3, -0.25) is 9.59 Å². The van der Waals surface area contributed by atoms with E-state index in [0.29, 0.717) is 0 Å². The van der Waals surface area contributed by atoms with Crippen LogP contribution in [0.2, 0.25) is 0 Å². The molecule has 1 atom stereocenters. The van der Waals surface area contributed by atoms with Crippen LogP contribution in [-0.4, -0.2) is 54.6 Å². The first kappa shape index (κ1) is 15.4. The van der Waals surface area contributed by atoms with Crippen molar-refractivity contribution in [2.45, 2.75) is 38.8 Å². The number of amides is 1. The highest BCUT2D eigenvalue weighted by atomic mass is 16.5. The number of esters is 2. The highest BCUT2D eigenvalue weighted by Crippen LogP contribution is 2.27. The van der Waals surface area contributed by atoms with Gasteiger partial charge in [0, 0.05) is 6.04 Å². The molecule has 1 aliphatic carbocycles. The van der Waals surface area contributed by atoms with Crippen molar-refractivity contribution >= 4 is 17.8 Å². The molecule has 7 heteroatoms. The quantitative estimate of drug-likeness (QED) is 0.492. The molecule has 1 aliphatic rings. The molecule has 0 aliphatic heterocycles. The number of carbonyl (C=O) groups is 3. The van der Waals surface area contributed by atoms with Crippen molar-refractivity contribution in [3.05, 3.63) is 0 Å². The molecule has 1 fully saturated rings. The van der Waals surface area contributed by atoms with Gasteiger partial charge in [0.1, 0.15) is 6.54 Å². The summed E-state index contributed by atoms with van der Waals surface area (Å²) < 4.78 is 9.50. The third-order valence-corrected chi connectivity index (χ3v) is 2.68. The van der Waals surface area contributed by atoms with Gasteiger partial charge >= 0.3 is 11.9 Å². The van der Waals surface area contributed by atoms with Crippen LogP contribution >= 0.6 is 0 Å². The fourth-order valence-electron chi connectivity index (χ4n) is 1.63. The summed E-state index contributed by atoms with van der Waals surface area (Å²) in [6.45, 7) is 3.54. The molecule has 0 bridgehead atoms. The zero-order valence-electron chi connectivity index (χ0n) is 11.3. The van der Waals surface area contributed by atoms with E-state index in [0.717, 1.165) is 12.8 Å². The maximum atomic E-state index is 12.1. The average molecular weight is 272 g/mol. The summed E-state index contributed by atoms with van der Waals surface area (Å²) >= 11 is 0. The maximum Gasteiger partial charge on any atom is 0.332 e. The van der Waals surface area contributed by atoms with Crippen LogP contribution in [0.15, 0.2) is 0 Å². The fourth-order valence-corrected chi connectivity index (χ4v) is 1.63. The standard InChI is InChI=1S/C12H20N2O5/c1-3-18-9(15)7-14(8-5-6-8)11(16)10(13)12(17)19-4-2/h8,10H,3-7,13H2,1-2H3. The lowest BCUT2D eigenvalue weighted by Gasteiger charge is -2.23. The van der Waals surface area contributed by atoms with Crippen LogP contribution in [0.1, 0.15) is 26.7 Å². The topological polar surface area (TPSA) is 98.9 Å². The molecule has 1 amide bonds. The number of hydrogen-bond acceptors (Lipinski definition) is 6. The van der Waals surface area contributed by atoms with E-state index in [9.17, 15) is 14.4 Å². The van der Waals surface area contributed by atoms with Crippen molar-refractivity contribution in [2.24, 2.45) is 5.73 Å². The Hall–Kier alpha value is -1.63. The van der Waals surface area contributed by atoms with Gasteiger partial charge in [0.05, 0.1) is 13.2 Å². The lowest BCUT2D eigenvalue weighted by atomic mass is 10.2. The molecule has 0 aromatic carbocycles. The van der Waals surface area contributed by atoms with Gasteiger partial charge in [-0.05, 0) is 26.7 Å². The van der Waals surface area contributed by atoms with Gasteiger partial charge in [-0.25, -0.2) is 4.79 Å². The van der Waals surface area contributed by atoms with E-state index in [1.54, 1.807) is 13.8 Å². The monoisotopic (exact) mass is 272 g/mol. The summed E-state index contributed by atoms with van der Waals surface area (Å²) in [5.74, 6) is -1.87. The lowest BCUT2D eigenvalue weighted by Crippen LogP contribution is -2.51. The van der Waals surface area contributed by atoms with Gasteiger partial charge < -0.3 is 20.1 Å². The molecular formula is C12H20N2O5. The highest BCUT2D eigenvalue weighted by Gasteiger charge is 2.38. The minimum Gasteiger partial charge on any atom is -0.465 e. The lowest BCUT2D eigenvalue weighted by molar-refractivity contribution is -0.155. The molecule has 0 aromatic heterocycles. The molecule has 7 nitrogen and oxygen atoms in total. The third kappa shape index (κ3) is 4.51. The van der Waals surface area contributed by atoms with Gasteiger partial charge in [0.25, 0.3) is 5.91 Å². The van der Waals surface area contributed by atoms with E-state index >= 15 is 0 Å². The van der Waals surface area contributed by atoms with E-state index in [1.165, 1.54) is 4.90 Å². The summed E-state index contributed by atoms with van der Waals surface area (Å²) in [5.41, 5.74) is 5.55. The van der Waals surface area contributed by atoms with Crippen LogP contribution in [0.5, 0.6) is 0 Å². The van der Waals surface area contributed by atoms with Gasteiger partial charge in [0.2, 0.25) is 0 Å². The summed E-state index contributed by atoms with van der Waals surface area (Å²) in [4.78, 5) is 36.2. The second kappa shape index (κ2) is 7.08. The Kier molecular flexibility index (Phi) is 5.75. The predicted molar refractivity (Wildman–Crippen MR) is 66.0 cm³/mol. The summed E-state index contributed by atoms with van der Waals surface area (Å²) in [6, 6.07) is -1.41. The van der Waals surface area contributed by atoms with Crippen LogP contribution in [0.25, 0.3) is 0 Å². The Morgan fingerprint density at radius 2 is 1.79 bits per heavy atom. The van der Waals surface area contributed by atoms with E-state index in [-0.39, 0.29) is 25.8 Å². The molecule has 2 N–H and O–H groups in total. The normalized spacial score (nSPS) is 15.5. The largest absolute Gasteiger partial charge is 0.465 e. The summed E-state index contributed by atoms with van der Waals surface area (Å²) in [6.07, 6.45) is 1.61.